The van der Waals surface area contributed by atoms with Gasteiger partial charge in [-0.15, -0.1) is 0 Å². The summed E-state index contributed by atoms with van der Waals surface area (Å²) in [5.41, 5.74) is 0. The lowest BCUT2D eigenvalue weighted by atomic mass is 10.1. The van der Waals surface area contributed by atoms with Crippen LogP contribution in [0.25, 0.3) is 0 Å². The van der Waals surface area contributed by atoms with Crippen LogP contribution in [0.3, 0.4) is 0 Å². The molecule has 0 saturated heterocycles. The van der Waals surface area contributed by atoms with Gasteiger partial charge in [-0.05, 0) is 24.4 Å². The van der Waals surface area contributed by atoms with Crippen LogP contribution in [-0.4, -0.2) is 14.2 Å². The summed E-state index contributed by atoms with van der Waals surface area (Å²) in [6, 6.07) is 0. The van der Waals surface area contributed by atoms with Crippen molar-refractivity contribution in [2.75, 3.05) is 0 Å². The fraction of sp³-hybridized carbons (Fsp3) is 0.800. The normalized spacial score (nSPS) is 15.4. The molecule has 4 heteroatoms. The smallest absolute Gasteiger partial charge is 0.142 e. The molecule has 0 bridgehead atoms. The maximum atomic E-state index is 4.55. The van der Waals surface area contributed by atoms with Gasteiger partial charge in [-0.3, -0.25) is 0 Å². The largest absolute Gasteiger partial charge is 0.224 e. The first-order chi connectivity index (χ1) is 6.69. The number of nitrogens with zero attached hydrogens (tertiary/aromatic N) is 2. The summed E-state index contributed by atoms with van der Waals surface area (Å²) in [4.78, 5) is 5.06. The highest BCUT2D eigenvalue weighted by atomic mass is 79.9. The third-order valence-electron chi connectivity index (χ3n) is 2.28. The quantitative estimate of drug-likeness (QED) is 0.766. The number of hydrogen-bond donors (Lipinski definition) is 0. The molecule has 1 aromatic heterocycles. The van der Waals surface area contributed by atoms with Crippen LogP contribution in [0.4, 0.5) is 0 Å². The first-order valence-corrected chi connectivity index (χ1v) is 6.84. The summed E-state index contributed by atoms with van der Waals surface area (Å²) in [6.07, 6.45) is 3.25. The molecule has 1 aromatic rings. The van der Waals surface area contributed by atoms with Crippen LogP contribution in [0.15, 0.2) is 0 Å². The predicted octanol–water partition coefficient (Wildman–Crippen LogP) is 3.77. The molecule has 0 radical (unpaired) electrons. The average Bonchev–Trinajstić information content (AvgIpc) is 2.64. The van der Waals surface area contributed by atoms with Crippen molar-refractivity contribution in [3.63, 3.8) is 0 Å². The Morgan fingerprint density at radius 3 is 2.71 bits per heavy atom. The molecule has 0 saturated carbocycles. The molecular weight excluding hydrogens is 260 g/mol. The van der Waals surface area contributed by atoms with E-state index in [0.29, 0.717) is 10.7 Å². The Kier molecular flexibility index (Phi) is 5.02. The zero-order valence-corrected chi connectivity index (χ0v) is 11.4. The second-order valence-corrected chi connectivity index (χ2v) is 5.47. The Labute approximate surface area is 98.4 Å². The Balaban J connectivity index is 2.65. The summed E-state index contributed by atoms with van der Waals surface area (Å²) in [7, 11) is 0. The third-order valence-corrected chi connectivity index (χ3v) is 4.67. The molecule has 2 nitrogen and oxygen atoms in total. The molecule has 2 atom stereocenters. The monoisotopic (exact) mass is 276 g/mol. The van der Waals surface area contributed by atoms with Gasteiger partial charge in [0.05, 0.1) is 0 Å². The molecule has 0 amide bonds. The van der Waals surface area contributed by atoms with Crippen LogP contribution in [0.2, 0.25) is 0 Å². The van der Waals surface area contributed by atoms with Crippen LogP contribution in [0.5, 0.6) is 0 Å². The highest BCUT2D eigenvalue weighted by Gasteiger charge is 2.18. The van der Waals surface area contributed by atoms with Crippen molar-refractivity contribution in [1.82, 2.24) is 9.36 Å². The van der Waals surface area contributed by atoms with E-state index in [1.54, 1.807) is 11.5 Å². The van der Waals surface area contributed by atoms with Gasteiger partial charge < -0.3 is 0 Å². The second-order valence-electron chi connectivity index (χ2n) is 3.51. The van der Waals surface area contributed by atoms with Gasteiger partial charge in [0, 0.05) is 17.2 Å². The van der Waals surface area contributed by atoms with Crippen LogP contribution in [-0.2, 0) is 6.42 Å². The Morgan fingerprint density at radius 2 is 2.14 bits per heavy atom. The summed E-state index contributed by atoms with van der Waals surface area (Å²) in [5, 5.41) is 1.16. The van der Waals surface area contributed by atoms with Gasteiger partial charge in [-0.2, -0.15) is 4.37 Å². The van der Waals surface area contributed by atoms with Crippen LogP contribution in [0.1, 0.15) is 50.4 Å². The van der Waals surface area contributed by atoms with Crippen molar-refractivity contribution in [3.05, 3.63) is 10.8 Å². The van der Waals surface area contributed by atoms with Crippen LogP contribution >= 0.6 is 27.5 Å². The van der Waals surface area contributed by atoms with Gasteiger partial charge in [-0.25, -0.2) is 4.98 Å². The van der Waals surface area contributed by atoms with Crippen molar-refractivity contribution in [3.8, 4) is 0 Å². The minimum atomic E-state index is 0.475. The van der Waals surface area contributed by atoms with Gasteiger partial charge in [0.15, 0.2) is 0 Å². The van der Waals surface area contributed by atoms with E-state index in [1.165, 1.54) is 0 Å². The molecular formula is C10H17BrN2S. The van der Waals surface area contributed by atoms with E-state index >= 15 is 0 Å². The maximum Gasteiger partial charge on any atom is 0.142 e. The number of alkyl halides is 1. The van der Waals surface area contributed by atoms with Gasteiger partial charge in [0.25, 0.3) is 0 Å². The first kappa shape index (κ1) is 12.1. The Morgan fingerprint density at radius 1 is 1.43 bits per heavy atom. The van der Waals surface area contributed by atoms with Crippen molar-refractivity contribution in [2.24, 2.45) is 0 Å². The van der Waals surface area contributed by atoms with Crippen LogP contribution < -0.4 is 0 Å². The Hall–Kier alpha value is 0.0400. The van der Waals surface area contributed by atoms with Crippen molar-refractivity contribution < 1.29 is 0 Å². The molecule has 80 valence electrons. The zero-order valence-electron chi connectivity index (χ0n) is 8.96. The molecule has 0 fully saturated rings. The van der Waals surface area contributed by atoms with Crippen molar-refractivity contribution in [1.29, 1.82) is 0 Å². The number of hydrogen-bond acceptors (Lipinski definition) is 3. The molecule has 0 aliphatic carbocycles. The molecule has 0 aromatic carbocycles. The highest BCUT2D eigenvalue weighted by molar-refractivity contribution is 9.09. The van der Waals surface area contributed by atoms with E-state index in [1.807, 2.05) is 0 Å². The topological polar surface area (TPSA) is 25.8 Å². The lowest BCUT2D eigenvalue weighted by Gasteiger charge is -2.12. The third kappa shape index (κ3) is 3.02. The van der Waals surface area contributed by atoms with E-state index in [-0.39, 0.29) is 0 Å². The highest BCUT2D eigenvalue weighted by Crippen LogP contribution is 2.27. The molecule has 2 unspecified atom stereocenters. The first-order valence-electron chi connectivity index (χ1n) is 5.15. The van der Waals surface area contributed by atoms with E-state index in [0.717, 1.165) is 30.1 Å². The maximum absolute atomic E-state index is 4.55. The molecule has 14 heavy (non-hydrogen) atoms. The van der Waals surface area contributed by atoms with Gasteiger partial charge in [0.1, 0.15) is 10.8 Å². The summed E-state index contributed by atoms with van der Waals surface area (Å²) >= 11 is 5.22. The van der Waals surface area contributed by atoms with E-state index < -0.39 is 0 Å². The standard InChI is InChI=1S/C10H17BrN2S/c1-4-6-9-12-10(14-13-9)7(3)8(11)5-2/h7-8H,4-6H2,1-3H3. The predicted molar refractivity (Wildman–Crippen MR) is 65.3 cm³/mol. The summed E-state index contributed by atoms with van der Waals surface area (Å²) in [5.74, 6) is 1.48. The molecule has 0 spiro atoms. The Bertz CT molecular complexity index is 275. The molecule has 1 heterocycles. The van der Waals surface area contributed by atoms with Crippen molar-refractivity contribution >= 4 is 27.5 Å². The average molecular weight is 277 g/mol. The van der Waals surface area contributed by atoms with Gasteiger partial charge >= 0.3 is 0 Å². The SMILES string of the molecule is CCCc1nsc(C(C)C(Br)CC)n1. The fourth-order valence-electron chi connectivity index (χ4n) is 1.29. The zero-order chi connectivity index (χ0) is 10.6. The number of halogens is 1. The number of rotatable bonds is 5. The van der Waals surface area contributed by atoms with E-state index in [2.05, 4.69) is 46.1 Å². The lowest BCUT2D eigenvalue weighted by Crippen LogP contribution is -2.07. The number of aryl methyl sites for hydroxylation is 1. The van der Waals surface area contributed by atoms with Gasteiger partial charge in [0.2, 0.25) is 0 Å². The molecule has 0 aliphatic rings. The minimum absolute atomic E-state index is 0.475. The summed E-state index contributed by atoms with van der Waals surface area (Å²) < 4.78 is 4.35. The molecule has 0 aliphatic heterocycles. The lowest BCUT2D eigenvalue weighted by molar-refractivity contribution is 0.684. The van der Waals surface area contributed by atoms with Gasteiger partial charge in [-0.1, -0.05) is 36.7 Å². The van der Waals surface area contributed by atoms with E-state index in [4.69, 9.17) is 0 Å². The van der Waals surface area contributed by atoms with Crippen LogP contribution in [0, 0.1) is 0 Å². The van der Waals surface area contributed by atoms with E-state index in [9.17, 15) is 0 Å². The summed E-state index contributed by atoms with van der Waals surface area (Å²) in [6.45, 7) is 6.55. The second kappa shape index (κ2) is 5.81. The fourth-order valence-corrected chi connectivity index (χ4v) is 2.52. The molecule has 0 N–H and O–H groups in total. The van der Waals surface area contributed by atoms with Crippen molar-refractivity contribution in [2.45, 2.75) is 50.8 Å². The number of aromatic nitrogens is 2. The molecule has 1 rings (SSSR count). The minimum Gasteiger partial charge on any atom is -0.224 e.